The first kappa shape index (κ1) is 19.6. The highest BCUT2D eigenvalue weighted by Gasteiger charge is 2.30. The van der Waals surface area contributed by atoms with Crippen LogP contribution < -0.4 is 5.32 Å². The standard InChI is InChI=1S/C16H33NO3/c1-13(2)16(6,7)14(18)12-20-11-10-19-9-8-17-15(3,4)5/h13,17H,8-12H2,1-7H3. The molecule has 0 aliphatic rings. The van der Waals surface area contributed by atoms with E-state index >= 15 is 0 Å². The molecule has 0 rings (SSSR count). The SMILES string of the molecule is CC(C)C(C)(C)C(=O)COCCOCCNC(C)(C)C. The Balaban J connectivity index is 3.57. The zero-order valence-corrected chi connectivity index (χ0v) is 14.3. The molecule has 20 heavy (non-hydrogen) atoms. The molecule has 0 aliphatic carbocycles. The zero-order valence-electron chi connectivity index (χ0n) is 14.3. The number of ketones is 1. The second kappa shape index (κ2) is 8.75. The Morgan fingerprint density at radius 1 is 1.00 bits per heavy atom. The minimum atomic E-state index is -0.322. The number of ether oxygens (including phenoxy) is 2. The van der Waals surface area contributed by atoms with Crippen molar-refractivity contribution in [1.29, 1.82) is 0 Å². The normalized spacial score (nSPS) is 13.0. The maximum Gasteiger partial charge on any atom is 0.164 e. The Morgan fingerprint density at radius 3 is 2.05 bits per heavy atom. The molecule has 0 aromatic rings. The minimum Gasteiger partial charge on any atom is -0.378 e. The monoisotopic (exact) mass is 287 g/mol. The van der Waals surface area contributed by atoms with Crippen LogP contribution in [-0.2, 0) is 14.3 Å². The van der Waals surface area contributed by atoms with Crippen molar-refractivity contribution in [3.8, 4) is 0 Å². The van der Waals surface area contributed by atoms with Gasteiger partial charge in [-0.2, -0.15) is 0 Å². The Kier molecular flexibility index (Phi) is 8.56. The first-order valence-electron chi connectivity index (χ1n) is 7.51. The lowest BCUT2D eigenvalue weighted by atomic mass is 9.78. The van der Waals surface area contributed by atoms with E-state index in [9.17, 15) is 4.79 Å². The molecule has 0 bridgehead atoms. The number of rotatable bonds is 10. The highest BCUT2D eigenvalue weighted by Crippen LogP contribution is 2.26. The molecule has 120 valence electrons. The van der Waals surface area contributed by atoms with Gasteiger partial charge in [-0.15, -0.1) is 0 Å². The van der Waals surface area contributed by atoms with E-state index in [2.05, 4.69) is 39.9 Å². The van der Waals surface area contributed by atoms with Crippen molar-refractivity contribution in [1.82, 2.24) is 5.32 Å². The fraction of sp³-hybridized carbons (Fsp3) is 0.938. The van der Waals surface area contributed by atoms with Crippen LogP contribution in [0.1, 0.15) is 48.5 Å². The van der Waals surface area contributed by atoms with Gasteiger partial charge in [0, 0.05) is 17.5 Å². The Labute approximate surface area is 124 Å². The lowest BCUT2D eigenvalue weighted by molar-refractivity contribution is -0.134. The van der Waals surface area contributed by atoms with Crippen LogP contribution in [0.3, 0.4) is 0 Å². The minimum absolute atomic E-state index is 0.120. The molecule has 0 spiro atoms. The molecule has 0 heterocycles. The predicted octanol–water partition coefficient (Wildman–Crippen LogP) is 2.66. The molecule has 0 fully saturated rings. The van der Waals surface area contributed by atoms with Crippen molar-refractivity contribution < 1.29 is 14.3 Å². The summed E-state index contributed by atoms with van der Waals surface area (Å²) in [7, 11) is 0. The van der Waals surface area contributed by atoms with E-state index < -0.39 is 0 Å². The lowest BCUT2D eigenvalue weighted by Gasteiger charge is -2.27. The van der Waals surface area contributed by atoms with Gasteiger partial charge in [-0.25, -0.2) is 0 Å². The van der Waals surface area contributed by atoms with Crippen LogP contribution in [0.5, 0.6) is 0 Å². The largest absolute Gasteiger partial charge is 0.378 e. The number of hydrogen-bond acceptors (Lipinski definition) is 4. The van der Waals surface area contributed by atoms with Gasteiger partial charge in [0.1, 0.15) is 6.61 Å². The molecule has 0 atom stereocenters. The summed E-state index contributed by atoms with van der Waals surface area (Å²) in [6, 6.07) is 0. The molecule has 4 nitrogen and oxygen atoms in total. The van der Waals surface area contributed by atoms with E-state index in [1.807, 2.05) is 13.8 Å². The topological polar surface area (TPSA) is 47.6 Å². The summed E-state index contributed by atoms with van der Waals surface area (Å²) < 4.78 is 10.8. The van der Waals surface area contributed by atoms with Crippen molar-refractivity contribution >= 4 is 5.78 Å². The number of carbonyl (C=O) groups is 1. The lowest BCUT2D eigenvalue weighted by Crippen LogP contribution is -2.38. The second-order valence-corrected chi connectivity index (χ2v) is 7.14. The van der Waals surface area contributed by atoms with Gasteiger partial charge in [-0.3, -0.25) is 4.79 Å². The van der Waals surface area contributed by atoms with Crippen LogP contribution in [0.4, 0.5) is 0 Å². The molecule has 0 aliphatic heterocycles. The average Bonchev–Trinajstić information content (AvgIpc) is 2.30. The molecule has 0 saturated carbocycles. The first-order chi connectivity index (χ1) is 9.07. The molecule has 0 saturated heterocycles. The van der Waals surface area contributed by atoms with Crippen molar-refractivity contribution in [2.45, 2.75) is 54.0 Å². The van der Waals surface area contributed by atoms with Crippen LogP contribution in [0.15, 0.2) is 0 Å². The van der Waals surface area contributed by atoms with Crippen LogP contribution in [-0.4, -0.2) is 44.3 Å². The highest BCUT2D eigenvalue weighted by molar-refractivity contribution is 5.85. The molecule has 4 heteroatoms. The summed E-state index contributed by atoms with van der Waals surface area (Å²) >= 11 is 0. The third-order valence-electron chi connectivity index (χ3n) is 3.67. The zero-order chi connectivity index (χ0) is 15.8. The van der Waals surface area contributed by atoms with E-state index in [1.54, 1.807) is 0 Å². The van der Waals surface area contributed by atoms with Crippen LogP contribution in [0.2, 0.25) is 0 Å². The summed E-state index contributed by atoms with van der Waals surface area (Å²) in [5.41, 5.74) is -0.202. The molecule has 0 radical (unpaired) electrons. The average molecular weight is 287 g/mol. The van der Waals surface area contributed by atoms with Gasteiger partial charge in [0.2, 0.25) is 0 Å². The van der Waals surface area contributed by atoms with Gasteiger partial charge < -0.3 is 14.8 Å². The number of carbonyl (C=O) groups excluding carboxylic acids is 1. The molecule has 0 aromatic carbocycles. The summed E-state index contributed by atoms with van der Waals surface area (Å²) in [5, 5.41) is 3.34. The highest BCUT2D eigenvalue weighted by atomic mass is 16.5. The van der Waals surface area contributed by atoms with Gasteiger partial charge in [-0.1, -0.05) is 27.7 Å². The van der Waals surface area contributed by atoms with Crippen molar-refractivity contribution in [3.63, 3.8) is 0 Å². The van der Waals surface area contributed by atoms with Gasteiger partial charge in [0.05, 0.1) is 19.8 Å². The quantitative estimate of drug-likeness (QED) is 0.628. The Bertz CT molecular complexity index is 280. The number of Topliss-reactive ketones (excluding diaryl/α,β-unsaturated/α-hetero) is 1. The Hall–Kier alpha value is -0.450. The molecule has 0 amide bonds. The summed E-state index contributed by atoms with van der Waals surface area (Å²) in [6.07, 6.45) is 0. The fourth-order valence-corrected chi connectivity index (χ4v) is 1.39. The van der Waals surface area contributed by atoms with Crippen molar-refractivity contribution in [2.24, 2.45) is 11.3 Å². The Morgan fingerprint density at radius 2 is 1.55 bits per heavy atom. The van der Waals surface area contributed by atoms with E-state index in [1.165, 1.54) is 0 Å². The summed E-state index contributed by atoms with van der Waals surface area (Å²) in [5.74, 6) is 0.472. The maximum atomic E-state index is 12.0. The summed E-state index contributed by atoms with van der Waals surface area (Å²) in [4.78, 5) is 12.0. The van der Waals surface area contributed by atoms with Gasteiger partial charge in [0.15, 0.2) is 5.78 Å². The smallest absolute Gasteiger partial charge is 0.164 e. The predicted molar refractivity (Wildman–Crippen MR) is 83.0 cm³/mol. The molecule has 0 unspecified atom stereocenters. The van der Waals surface area contributed by atoms with Gasteiger partial charge in [-0.05, 0) is 26.7 Å². The van der Waals surface area contributed by atoms with Crippen LogP contribution >= 0.6 is 0 Å². The van der Waals surface area contributed by atoms with E-state index in [0.717, 1.165) is 6.54 Å². The summed E-state index contributed by atoms with van der Waals surface area (Å²) in [6.45, 7) is 17.1. The molecular weight excluding hydrogens is 254 g/mol. The fourth-order valence-electron chi connectivity index (χ4n) is 1.39. The second-order valence-electron chi connectivity index (χ2n) is 7.14. The van der Waals surface area contributed by atoms with Crippen molar-refractivity contribution in [2.75, 3.05) is 33.0 Å². The van der Waals surface area contributed by atoms with Crippen LogP contribution in [0.25, 0.3) is 0 Å². The van der Waals surface area contributed by atoms with Crippen molar-refractivity contribution in [3.05, 3.63) is 0 Å². The first-order valence-corrected chi connectivity index (χ1v) is 7.51. The van der Waals surface area contributed by atoms with E-state index in [4.69, 9.17) is 9.47 Å². The molecule has 1 N–H and O–H groups in total. The third-order valence-corrected chi connectivity index (χ3v) is 3.67. The van der Waals surface area contributed by atoms with Gasteiger partial charge >= 0.3 is 0 Å². The molecular formula is C16H33NO3. The van der Waals surface area contributed by atoms with E-state index in [-0.39, 0.29) is 23.3 Å². The van der Waals surface area contributed by atoms with Crippen LogP contribution in [0, 0.1) is 11.3 Å². The van der Waals surface area contributed by atoms with E-state index in [0.29, 0.717) is 25.7 Å². The van der Waals surface area contributed by atoms with Gasteiger partial charge in [0.25, 0.3) is 0 Å². The molecule has 0 aromatic heterocycles. The number of nitrogens with one attached hydrogen (secondary N) is 1. The third kappa shape index (κ3) is 8.67. The maximum absolute atomic E-state index is 12.0. The number of hydrogen-bond donors (Lipinski definition) is 1.